The van der Waals surface area contributed by atoms with Gasteiger partial charge in [0, 0.05) is 17.0 Å². The maximum Gasteiger partial charge on any atom is 0.260 e. The van der Waals surface area contributed by atoms with Crippen molar-refractivity contribution in [1.29, 1.82) is 0 Å². The maximum atomic E-state index is 12.1. The highest BCUT2D eigenvalue weighted by molar-refractivity contribution is 7.99. The Morgan fingerprint density at radius 1 is 1.48 bits per heavy atom. The molecule has 21 heavy (non-hydrogen) atoms. The third kappa shape index (κ3) is 3.15. The molecule has 4 N–H and O–H groups in total. The van der Waals surface area contributed by atoms with E-state index in [9.17, 15) is 4.79 Å². The van der Waals surface area contributed by atoms with Gasteiger partial charge in [0.2, 0.25) is 5.95 Å². The van der Waals surface area contributed by atoms with E-state index in [1.54, 1.807) is 18.2 Å². The predicted octanol–water partition coefficient (Wildman–Crippen LogP) is 2.59. The van der Waals surface area contributed by atoms with Gasteiger partial charge in [0.25, 0.3) is 5.56 Å². The summed E-state index contributed by atoms with van der Waals surface area (Å²) in [7, 11) is 0. The average Bonchev–Trinajstić information content (AvgIpc) is 2.87. The fourth-order valence-corrected chi connectivity index (χ4v) is 4.02. The molecule has 1 saturated carbocycles. The molecule has 1 aliphatic carbocycles. The first-order chi connectivity index (χ1) is 10.2. The van der Waals surface area contributed by atoms with Crippen LogP contribution in [0.4, 0.5) is 11.6 Å². The summed E-state index contributed by atoms with van der Waals surface area (Å²) in [6.07, 6.45) is 3.48. The predicted molar refractivity (Wildman–Crippen MR) is 90.0 cm³/mol. The Bertz CT molecular complexity index is 700. The van der Waals surface area contributed by atoms with E-state index in [2.05, 4.69) is 22.2 Å². The number of nitrogens with one attached hydrogen (secondary N) is 2. The molecule has 1 aromatic carbocycles. The van der Waals surface area contributed by atoms with Gasteiger partial charge in [-0.25, -0.2) is 4.98 Å². The fraction of sp³-hybridized carbons (Fsp3) is 0.467. The van der Waals surface area contributed by atoms with Crippen LogP contribution in [0, 0.1) is 0 Å². The van der Waals surface area contributed by atoms with E-state index in [4.69, 9.17) is 5.73 Å². The zero-order chi connectivity index (χ0) is 14.8. The number of hydrogen-bond acceptors (Lipinski definition) is 5. The zero-order valence-electron chi connectivity index (χ0n) is 12.1. The number of anilines is 2. The molecule has 2 unspecified atom stereocenters. The van der Waals surface area contributed by atoms with Gasteiger partial charge in [0.15, 0.2) is 0 Å². The molecular weight excluding hydrogens is 284 g/mol. The van der Waals surface area contributed by atoms with Crippen LogP contribution in [-0.2, 0) is 0 Å². The first-order valence-corrected chi connectivity index (χ1v) is 8.38. The van der Waals surface area contributed by atoms with Gasteiger partial charge in [-0.3, -0.25) is 9.78 Å². The van der Waals surface area contributed by atoms with Crippen LogP contribution in [0.25, 0.3) is 10.9 Å². The molecule has 112 valence electrons. The molecule has 1 aromatic heterocycles. The van der Waals surface area contributed by atoms with Crippen LogP contribution in [0.2, 0.25) is 0 Å². The van der Waals surface area contributed by atoms with Crippen molar-refractivity contribution in [2.45, 2.75) is 37.5 Å². The highest BCUT2D eigenvalue weighted by atomic mass is 32.2. The van der Waals surface area contributed by atoms with Gasteiger partial charge in [0.1, 0.15) is 0 Å². The van der Waals surface area contributed by atoms with Crippen LogP contribution in [0.3, 0.4) is 0 Å². The minimum Gasteiger partial charge on any atom is -0.399 e. The van der Waals surface area contributed by atoms with Crippen LogP contribution in [-0.4, -0.2) is 27.0 Å². The van der Waals surface area contributed by atoms with Crippen molar-refractivity contribution in [3.63, 3.8) is 0 Å². The van der Waals surface area contributed by atoms with E-state index in [1.165, 1.54) is 6.42 Å². The topological polar surface area (TPSA) is 83.8 Å². The summed E-state index contributed by atoms with van der Waals surface area (Å²) >= 11 is 2.01. The number of thioether (sulfide) groups is 1. The number of aromatic amines is 1. The van der Waals surface area contributed by atoms with Gasteiger partial charge in [-0.05, 0) is 43.2 Å². The number of nitrogen functional groups attached to an aromatic ring is 1. The number of rotatable bonds is 4. The van der Waals surface area contributed by atoms with Crippen molar-refractivity contribution < 1.29 is 0 Å². The van der Waals surface area contributed by atoms with Gasteiger partial charge in [-0.1, -0.05) is 6.92 Å². The zero-order valence-corrected chi connectivity index (χ0v) is 12.9. The second-order valence-corrected chi connectivity index (χ2v) is 7.00. The number of hydrogen-bond donors (Lipinski definition) is 3. The van der Waals surface area contributed by atoms with Gasteiger partial charge >= 0.3 is 0 Å². The maximum absolute atomic E-state index is 12.1. The lowest BCUT2D eigenvalue weighted by Crippen LogP contribution is -2.21. The average molecular weight is 304 g/mol. The van der Waals surface area contributed by atoms with Gasteiger partial charge in [-0.2, -0.15) is 11.8 Å². The largest absolute Gasteiger partial charge is 0.399 e. The van der Waals surface area contributed by atoms with Crippen LogP contribution in [0.15, 0.2) is 23.0 Å². The summed E-state index contributed by atoms with van der Waals surface area (Å²) in [6, 6.07) is 5.61. The van der Waals surface area contributed by atoms with E-state index in [1.807, 2.05) is 11.8 Å². The van der Waals surface area contributed by atoms with E-state index < -0.39 is 0 Å². The summed E-state index contributed by atoms with van der Waals surface area (Å²) in [4.78, 5) is 19.4. The molecule has 6 heteroatoms. The minimum absolute atomic E-state index is 0.146. The van der Waals surface area contributed by atoms with Crippen LogP contribution in [0.1, 0.15) is 26.2 Å². The number of benzene rings is 1. The molecule has 3 rings (SSSR count). The summed E-state index contributed by atoms with van der Waals surface area (Å²) in [5.41, 5.74) is 6.81. The van der Waals surface area contributed by atoms with Crippen molar-refractivity contribution >= 4 is 34.3 Å². The number of aromatic nitrogens is 2. The van der Waals surface area contributed by atoms with Gasteiger partial charge in [0.05, 0.1) is 10.9 Å². The Hall–Kier alpha value is -1.69. The van der Waals surface area contributed by atoms with Crippen molar-refractivity contribution in [3.05, 3.63) is 28.6 Å². The molecule has 1 fully saturated rings. The van der Waals surface area contributed by atoms with Gasteiger partial charge < -0.3 is 11.1 Å². The third-order valence-corrected chi connectivity index (χ3v) is 5.09. The van der Waals surface area contributed by atoms with Crippen molar-refractivity contribution in [1.82, 2.24) is 9.97 Å². The third-order valence-electron chi connectivity index (χ3n) is 3.86. The Labute approximate surface area is 127 Å². The molecule has 2 atom stereocenters. The Morgan fingerprint density at radius 2 is 2.33 bits per heavy atom. The molecule has 2 aromatic rings. The molecule has 0 radical (unpaired) electrons. The molecule has 0 bridgehead atoms. The van der Waals surface area contributed by atoms with Gasteiger partial charge in [-0.15, -0.1) is 0 Å². The number of fused-ring (bicyclic) bond motifs is 1. The van der Waals surface area contributed by atoms with Crippen molar-refractivity contribution in [3.8, 4) is 0 Å². The Morgan fingerprint density at radius 3 is 3.14 bits per heavy atom. The summed E-state index contributed by atoms with van der Waals surface area (Å²) in [5.74, 6) is 1.72. The molecule has 0 saturated heterocycles. The Kier molecular flexibility index (Phi) is 4.05. The van der Waals surface area contributed by atoms with Crippen LogP contribution < -0.4 is 16.6 Å². The smallest absolute Gasteiger partial charge is 0.260 e. The standard InChI is InChI=1S/C15H20N4OS/c1-2-21-11-5-4-10(8-11)17-15-18-13-6-3-9(16)7-12(13)14(20)19-15/h3,6-7,10-11H,2,4-5,8,16H2,1H3,(H2,17,18,19,20). The second-order valence-electron chi connectivity index (χ2n) is 5.42. The summed E-state index contributed by atoms with van der Waals surface area (Å²) < 4.78 is 0. The van der Waals surface area contributed by atoms with Crippen molar-refractivity contribution in [2.75, 3.05) is 16.8 Å². The quantitative estimate of drug-likeness (QED) is 0.756. The highest BCUT2D eigenvalue weighted by Gasteiger charge is 2.24. The molecule has 1 aliphatic rings. The normalized spacial score (nSPS) is 21.8. The molecular formula is C15H20N4OS. The van der Waals surface area contributed by atoms with Crippen LogP contribution >= 0.6 is 11.8 Å². The first-order valence-electron chi connectivity index (χ1n) is 7.33. The summed E-state index contributed by atoms with van der Waals surface area (Å²) in [6.45, 7) is 2.19. The molecule has 5 nitrogen and oxygen atoms in total. The first kappa shape index (κ1) is 14.3. The van der Waals surface area contributed by atoms with Crippen molar-refractivity contribution in [2.24, 2.45) is 0 Å². The monoisotopic (exact) mass is 304 g/mol. The fourth-order valence-electron chi connectivity index (χ4n) is 2.88. The lowest BCUT2D eigenvalue weighted by molar-refractivity contribution is 0.746. The van der Waals surface area contributed by atoms with E-state index in [-0.39, 0.29) is 5.56 Å². The second kappa shape index (κ2) is 5.97. The number of nitrogens with two attached hydrogens (primary N) is 1. The molecule has 0 amide bonds. The minimum atomic E-state index is -0.146. The SMILES string of the molecule is CCSC1CCC(Nc2nc3ccc(N)cc3c(=O)[nH]2)C1. The lowest BCUT2D eigenvalue weighted by Gasteiger charge is -2.13. The molecule has 0 aliphatic heterocycles. The van der Waals surface area contributed by atoms with Crippen LogP contribution in [0.5, 0.6) is 0 Å². The molecule has 0 spiro atoms. The summed E-state index contributed by atoms with van der Waals surface area (Å²) in [5, 5.41) is 4.62. The van der Waals surface area contributed by atoms with E-state index >= 15 is 0 Å². The number of H-pyrrole nitrogens is 1. The lowest BCUT2D eigenvalue weighted by atomic mass is 10.2. The Balaban J connectivity index is 1.79. The number of nitrogens with zero attached hydrogens (tertiary/aromatic N) is 1. The van der Waals surface area contributed by atoms with E-state index in [0.717, 1.165) is 23.8 Å². The van der Waals surface area contributed by atoms with E-state index in [0.29, 0.717) is 28.6 Å². The highest BCUT2D eigenvalue weighted by Crippen LogP contribution is 2.31. The molecule has 1 heterocycles.